The van der Waals surface area contributed by atoms with Crippen LogP contribution in [-0.4, -0.2) is 13.1 Å². The number of halogens is 3. The van der Waals surface area contributed by atoms with Gasteiger partial charge in [0.25, 0.3) is 0 Å². The lowest BCUT2D eigenvalue weighted by molar-refractivity contribution is 0.574. The molecule has 2 aromatic rings. The molecule has 0 saturated heterocycles. The van der Waals surface area contributed by atoms with Crippen LogP contribution in [0, 0.1) is 17.5 Å². The van der Waals surface area contributed by atoms with Gasteiger partial charge in [-0.3, -0.25) is 0 Å². The summed E-state index contributed by atoms with van der Waals surface area (Å²) in [6.45, 7) is 2.26. The predicted molar refractivity (Wildman–Crippen MR) is 78.2 cm³/mol. The van der Waals surface area contributed by atoms with E-state index in [0.717, 1.165) is 0 Å². The molecule has 2 nitrogen and oxygen atoms in total. The Morgan fingerprint density at radius 2 is 1.62 bits per heavy atom. The quantitative estimate of drug-likeness (QED) is 0.909. The Morgan fingerprint density at radius 3 is 2.14 bits per heavy atom. The van der Waals surface area contributed by atoms with Gasteiger partial charge in [-0.25, -0.2) is 13.2 Å². The van der Waals surface area contributed by atoms with Crippen molar-refractivity contribution in [1.29, 1.82) is 0 Å². The molecule has 2 rings (SSSR count). The molecule has 0 heterocycles. The van der Waals surface area contributed by atoms with Gasteiger partial charge in [0.15, 0.2) is 0 Å². The van der Waals surface area contributed by atoms with Gasteiger partial charge in [-0.15, -0.1) is 0 Å². The van der Waals surface area contributed by atoms with Crippen LogP contribution in [0.4, 0.5) is 24.5 Å². The number of anilines is 2. The largest absolute Gasteiger partial charge is 0.335 e. The number of benzene rings is 2. The van der Waals surface area contributed by atoms with Crippen LogP contribution in [0.1, 0.15) is 12.5 Å². The van der Waals surface area contributed by atoms with Crippen molar-refractivity contribution in [3.8, 4) is 0 Å². The zero-order chi connectivity index (χ0) is 15.4. The Hall–Kier alpha value is -2.01. The fourth-order valence-electron chi connectivity index (χ4n) is 2.31. The van der Waals surface area contributed by atoms with Gasteiger partial charge in [-0.05, 0) is 49.7 Å². The average molecular weight is 294 g/mol. The molecule has 0 amide bonds. The summed E-state index contributed by atoms with van der Waals surface area (Å²) in [7, 11) is 0. The van der Waals surface area contributed by atoms with E-state index in [1.165, 1.54) is 35.2 Å². The molecular formula is C16H17F3N2. The molecule has 0 atom stereocenters. The summed E-state index contributed by atoms with van der Waals surface area (Å²) in [5, 5.41) is 0. The van der Waals surface area contributed by atoms with Crippen molar-refractivity contribution < 1.29 is 13.2 Å². The lowest BCUT2D eigenvalue weighted by Gasteiger charge is -2.25. The zero-order valence-electron chi connectivity index (χ0n) is 11.7. The molecule has 5 heteroatoms. The van der Waals surface area contributed by atoms with Gasteiger partial charge in [0.2, 0.25) is 0 Å². The van der Waals surface area contributed by atoms with Crippen LogP contribution in [0.15, 0.2) is 36.4 Å². The third kappa shape index (κ3) is 3.19. The van der Waals surface area contributed by atoms with Crippen LogP contribution in [0.25, 0.3) is 0 Å². The first-order valence-corrected chi connectivity index (χ1v) is 6.78. The summed E-state index contributed by atoms with van der Waals surface area (Å²) in [5.41, 5.74) is 5.77. The van der Waals surface area contributed by atoms with Crippen molar-refractivity contribution in [3.63, 3.8) is 0 Å². The van der Waals surface area contributed by atoms with Gasteiger partial charge >= 0.3 is 0 Å². The number of hydrogen-bond donors (Lipinski definition) is 1. The Kier molecular flexibility index (Phi) is 4.85. The van der Waals surface area contributed by atoms with Crippen LogP contribution in [0.5, 0.6) is 0 Å². The van der Waals surface area contributed by atoms with E-state index >= 15 is 0 Å². The van der Waals surface area contributed by atoms with Crippen molar-refractivity contribution in [1.82, 2.24) is 0 Å². The number of rotatable bonds is 5. The highest BCUT2D eigenvalue weighted by atomic mass is 19.1. The number of nitrogens with zero attached hydrogens (tertiary/aromatic N) is 1. The summed E-state index contributed by atoms with van der Waals surface area (Å²) in [6.07, 6.45) is 0.389. The lowest BCUT2D eigenvalue weighted by Crippen LogP contribution is -2.20. The van der Waals surface area contributed by atoms with Crippen LogP contribution >= 0.6 is 0 Å². The number of para-hydroxylation sites is 1. The van der Waals surface area contributed by atoms with Gasteiger partial charge < -0.3 is 10.6 Å². The highest BCUT2D eigenvalue weighted by Gasteiger charge is 2.20. The van der Waals surface area contributed by atoms with Crippen LogP contribution < -0.4 is 10.6 Å². The van der Waals surface area contributed by atoms with E-state index in [0.29, 0.717) is 18.5 Å². The Bertz CT molecular complexity index is 606. The fourth-order valence-corrected chi connectivity index (χ4v) is 2.31. The highest BCUT2D eigenvalue weighted by Crippen LogP contribution is 2.32. The molecule has 0 radical (unpaired) electrons. The average Bonchev–Trinajstić information content (AvgIpc) is 2.44. The first-order valence-electron chi connectivity index (χ1n) is 6.78. The van der Waals surface area contributed by atoms with E-state index in [-0.39, 0.29) is 17.9 Å². The topological polar surface area (TPSA) is 29.3 Å². The third-order valence-corrected chi connectivity index (χ3v) is 3.24. The minimum atomic E-state index is -0.719. The minimum Gasteiger partial charge on any atom is -0.335 e. The molecule has 0 unspecified atom stereocenters. The van der Waals surface area contributed by atoms with Gasteiger partial charge in [-0.1, -0.05) is 12.1 Å². The van der Waals surface area contributed by atoms with E-state index in [1.807, 2.05) is 0 Å². The van der Waals surface area contributed by atoms with Gasteiger partial charge in [0.1, 0.15) is 23.1 Å². The van der Waals surface area contributed by atoms with Crippen molar-refractivity contribution >= 4 is 11.4 Å². The second-order valence-electron chi connectivity index (χ2n) is 4.64. The molecule has 2 aromatic carbocycles. The summed E-state index contributed by atoms with van der Waals surface area (Å²) in [4.78, 5) is 1.28. The molecule has 0 aliphatic heterocycles. The molecule has 0 saturated carbocycles. The smallest absolute Gasteiger partial charge is 0.150 e. The maximum atomic E-state index is 14.2. The second kappa shape index (κ2) is 6.63. The Morgan fingerprint density at radius 1 is 1.00 bits per heavy atom. The fraction of sp³-hybridized carbons (Fsp3) is 0.250. The van der Waals surface area contributed by atoms with Gasteiger partial charge in [-0.2, -0.15) is 0 Å². The number of hydrogen-bond acceptors (Lipinski definition) is 2. The maximum Gasteiger partial charge on any atom is 0.150 e. The first kappa shape index (κ1) is 15.4. The normalized spacial score (nSPS) is 10.7. The van der Waals surface area contributed by atoms with Crippen molar-refractivity contribution in [3.05, 3.63) is 59.4 Å². The van der Waals surface area contributed by atoms with E-state index in [2.05, 4.69) is 0 Å². The standard InChI is InChI=1S/C16H17F3N2/c1-2-21(15-6-4-3-5-12(15)17)16-13(18)9-11(7-8-20)10-14(16)19/h3-6,9-10H,2,7-8,20H2,1H3. The van der Waals surface area contributed by atoms with Crippen molar-refractivity contribution in [2.24, 2.45) is 5.73 Å². The Balaban J connectivity index is 2.51. The third-order valence-electron chi connectivity index (χ3n) is 3.24. The summed E-state index contributed by atoms with van der Waals surface area (Å²) in [5.74, 6) is -1.96. The SMILES string of the molecule is CCN(c1ccccc1F)c1c(F)cc(CCN)cc1F. The molecule has 21 heavy (non-hydrogen) atoms. The monoisotopic (exact) mass is 294 g/mol. The lowest BCUT2D eigenvalue weighted by atomic mass is 10.1. The molecule has 0 fully saturated rings. The van der Waals surface area contributed by atoms with E-state index in [1.54, 1.807) is 13.0 Å². The zero-order valence-corrected chi connectivity index (χ0v) is 11.7. The van der Waals surface area contributed by atoms with Crippen molar-refractivity contribution in [2.75, 3.05) is 18.0 Å². The molecule has 0 spiro atoms. The summed E-state index contributed by atoms with van der Waals surface area (Å²) < 4.78 is 42.4. The molecule has 2 N–H and O–H groups in total. The molecule has 0 aliphatic rings. The predicted octanol–water partition coefficient (Wildman–Crippen LogP) is 3.76. The van der Waals surface area contributed by atoms with Crippen LogP contribution in [0.2, 0.25) is 0 Å². The summed E-state index contributed by atoms with van der Waals surface area (Å²) in [6, 6.07) is 8.40. The van der Waals surface area contributed by atoms with Crippen LogP contribution in [0.3, 0.4) is 0 Å². The molecule has 112 valence electrons. The van der Waals surface area contributed by atoms with Gasteiger partial charge in [0, 0.05) is 6.54 Å². The second-order valence-corrected chi connectivity index (χ2v) is 4.64. The van der Waals surface area contributed by atoms with E-state index < -0.39 is 17.5 Å². The minimum absolute atomic E-state index is 0.143. The van der Waals surface area contributed by atoms with Gasteiger partial charge in [0.05, 0.1) is 5.69 Å². The molecule has 0 aliphatic carbocycles. The van der Waals surface area contributed by atoms with E-state index in [4.69, 9.17) is 5.73 Å². The Labute approximate surface area is 122 Å². The first-order chi connectivity index (χ1) is 10.1. The molecular weight excluding hydrogens is 277 g/mol. The maximum absolute atomic E-state index is 14.2. The van der Waals surface area contributed by atoms with Crippen molar-refractivity contribution in [2.45, 2.75) is 13.3 Å². The molecule has 0 aromatic heterocycles. The number of nitrogens with two attached hydrogens (primary N) is 1. The van der Waals surface area contributed by atoms with Crippen LogP contribution in [-0.2, 0) is 6.42 Å². The highest BCUT2D eigenvalue weighted by molar-refractivity contribution is 5.65. The summed E-state index contributed by atoms with van der Waals surface area (Å²) >= 11 is 0. The van der Waals surface area contributed by atoms with E-state index in [9.17, 15) is 13.2 Å². The molecule has 0 bridgehead atoms.